The molecule has 0 aromatic heterocycles. The molecule has 0 aliphatic rings. The Morgan fingerprint density at radius 2 is 0.486 bits per heavy atom. The Labute approximate surface area is 440 Å². The zero-order valence-corrected chi connectivity index (χ0v) is 48.2. The highest BCUT2D eigenvalue weighted by Crippen LogP contribution is 2.20. The lowest BCUT2D eigenvalue weighted by atomic mass is 10.0. The van der Waals surface area contributed by atoms with Crippen LogP contribution in [0.4, 0.5) is 0 Å². The second kappa shape index (κ2) is 60.9. The summed E-state index contributed by atoms with van der Waals surface area (Å²) in [4.78, 5) is 12.6. The molecule has 1 amide bonds. The minimum atomic E-state index is -0.746. The third kappa shape index (κ3) is 56.6. The van der Waals surface area contributed by atoms with Gasteiger partial charge in [0.25, 0.3) is 0 Å². The molecule has 0 heterocycles. The van der Waals surface area contributed by atoms with E-state index in [1.165, 1.54) is 327 Å². The molecule has 0 radical (unpaired) electrons. The molecule has 3 atom stereocenters. The van der Waals surface area contributed by atoms with Crippen molar-refractivity contribution < 1.29 is 20.1 Å². The van der Waals surface area contributed by atoms with Crippen LogP contribution in [0.5, 0.6) is 0 Å². The Morgan fingerprint density at radius 1 is 0.300 bits per heavy atom. The van der Waals surface area contributed by atoms with Crippen molar-refractivity contribution in [2.24, 2.45) is 0 Å². The number of carbonyl (C=O) groups is 1. The summed E-state index contributed by atoms with van der Waals surface area (Å²) in [5.41, 5.74) is 0. The zero-order valence-electron chi connectivity index (χ0n) is 48.2. The van der Waals surface area contributed by atoms with Gasteiger partial charge in [-0.3, -0.25) is 4.79 Å². The van der Waals surface area contributed by atoms with E-state index in [9.17, 15) is 20.1 Å². The number of rotatable bonds is 62. The van der Waals surface area contributed by atoms with Gasteiger partial charge < -0.3 is 20.6 Å². The maximum absolute atomic E-state index is 12.6. The average molecular weight is 991 g/mol. The van der Waals surface area contributed by atoms with Gasteiger partial charge in [0.05, 0.1) is 31.3 Å². The molecule has 0 fully saturated rings. The van der Waals surface area contributed by atoms with Gasteiger partial charge in [0.15, 0.2) is 0 Å². The van der Waals surface area contributed by atoms with E-state index in [2.05, 4.69) is 19.2 Å². The lowest BCUT2D eigenvalue weighted by molar-refractivity contribution is -0.125. The summed E-state index contributed by atoms with van der Waals surface area (Å²) in [7, 11) is 0. The van der Waals surface area contributed by atoms with Crippen molar-refractivity contribution >= 4 is 5.91 Å². The molecule has 4 N–H and O–H groups in total. The minimum absolute atomic E-state index is 0.0439. The third-order valence-electron chi connectivity index (χ3n) is 15.9. The molecule has 0 rings (SSSR count). The molecule has 5 heteroatoms. The first-order valence-electron chi connectivity index (χ1n) is 32.8. The van der Waals surface area contributed by atoms with E-state index < -0.39 is 18.2 Å². The van der Waals surface area contributed by atoms with Crippen molar-refractivity contribution in [3.05, 3.63) is 0 Å². The van der Waals surface area contributed by atoms with Crippen LogP contribution in [0.3, 0.4) is 0 Å². The normalized spacial score (nSPS) is 13.0. The van der Waals surface area contributed by atoms with Gasteiger partial charge in [-0.25, -0.2) is 0 Å². The number of aliphatic hydroxyl groups excluding tert-OH is 3. The second-order valence-electron chi connectivity index (χ2n) is 23.1. The van der Waals surface area contributed by atoms with Gasteiger partial charge >= 0.3 is 0 Å². The van der Waals surface area contributed by atoms with Crippen LogP contribution in [0.25, 0.3) is 0 Å². The summed E-state index contributed by atoms with van der Waals surface area (Å²) < 4.78 is 0. The summed E-state index contributed by atoms with van der Waals surface area (Å²) in [6.07, 6.45) is 75.9. The van der Waals surface area contributed by atoms with Crippen molar-refractivity contribution in [2.45, 2.75) is 405 Å². The average Bonchev–Trinajstić information content (AvgIpc) is 3.36. The molecular formula is C65H131NO4. The summed E-state index contributed by atoms with van der Waals surface area (Å²) in [6, 6.07) is -0.655. The zero-order chi connectivity index (χ0) is 50.7. The largest absolute Gasteiger partial charge is 0.394 e. The summed E-state index contributed by atoms with van der Waals surface area (Å²) >= 11 is 0. The summed E-state index contributed by atoms with van der Waals surface area (Å²) in [5.74, 6) is -0.272. The number of amides is 1. The van der Waals surface area contributed by atoms with Crippen LogP contribution in [-0.4, -0.2) is 46.1 Å². The molecule has 0 aliphatic heterocycles. The Bertz CT molecular complexity index is 960. The molecule has 0 saturated heterocycles. The highest BCUT2D eigenvalue weighted by atomic mass is 16.3. The smallest absolute Gasteiger partial charge is 0.222 e. The monoisotopic (exact) mass is 990 g/mol. The topological polar surface area (TPSA) is 89.8 Å². The number of unbranched alkanes of at least 4 members (excludes halogenated alkanes) is 53. The molecule has 3 unspecified atom stereocenters. The van der Waals surface area contributed by atoms with Gasteiger partial charge in [-0.05, 0) is 12.8 Å². The SMILES string of the molecule is CCCCCCCCCCCCCCCCCCCCCCCCCCCCCCCCCC(O)CC(=O)NC(CO)C(O)CCCCCCCCCCCCCCCCCCCCCCCCCC. The fourth-order valence-corrected chi connectivity index (χ4v) is 10.9. The molecule has 0 aromatic rings. The number of aliphatic hydroxyl groups is 3. The molecule has 0 bridgehead atoms. The lowest BCUT2D eigenvalue weighted by Gasteiger charge is -2.23. The summed E-state index contributed by atoms with van der Waals surface area (Å²) in [5, 5.41) is 33.8. The predicted molar refractivity (Wildman–Crippen MR) is 310 cm³/mol. The fourth-order valence-electron chi connectivity index (χ4n) is 10.9. The minimum Gasteiger partial charge on any atom is -0.394 e. The van der Waals surface area contributed by atoms with E-state index in [4.69, 9.17) is 0 Å². The van der Waals surface area contributed by atoms with E-state index in [0.717, 1.165) is 25.7 Å². The Hall–Kier alpha value is -0.650. The highest BCUT2D eigenvalue weighted by Gasteiger charge is 2.21. The van der Waals surface area contributed by atoms with Crippen molar-refractivity contribution in [1.29, 1.82) is 0 Å². The first-order valence-corrected chi connectivity index (χ1v) is 32.8. The van der Waals surface area contributed by atoms with Crippen molar-refractivity contribution in [3.8, 4) is 0 Å². The highest BCUT2D eigenvalue weighted by molar-refractivity contribution is 5.76. The van der Waals surface area contributed by atoms with Crippen LogP contribution < -0.4 is 5.32 Å². The standard InChI is InChI=1S/C65H131NO4/c1-3-5-7-9-11-13-15-17-19-21-23-25-27-29-30-31-32-33-34-35-36-38-40-42-44-46-48-50-52-54-56-58-62(68)60-65(70)66-63(61-67)64(69)59-57-55-53-51-49-47-45-43-41-39-37-28-26-24-22-20-18-16-14-12-10-8-6-4-2/h62-64,67-69H,3-61H2,1-2H3,(H,66,70). The first-order chi connectivity index (χ1) is 34.5. The molecule has 0 aromatic carbocycles. The summed E-state index contributed by atoms with van der Waals surface area (Å²) in [6.45, 7) is 4.32. The predicted octanol–water partition coefficient (Wildman–Crippen LogP) is 20.9. The van der Waals surface area contributed by atoms with E-state index >= 15 is 0 Å². The first kappa shape index (κ1) is 69.3. The molecular weight excluding hydrogens is 859 g/mol. The molecule has 5 nitrogen and oxygen atoms in total. The van der Waals surface area contributed by atoms with Crippen LogP contribution in [-0.2, 0) is 4.79 Å². The van der Waals surface area contributed by atoms with E-state index in [-0.39, 0.29) is 18.9 Å². The Balaban J connectivity index is 3.44. The number of hydrogen-bond acceptors (Lipinski definition) is 4. The number of carbonyl (C=O) groups excluding carboxylic acids is 1. The van der Waals surface area contributed by atoms with Crippen LogP contribution in [0.1, 0.15) is 386 Å². The van der Waals surface area contributed by atoms with Crippen molar-refractivity contribution in [2.75, 3.05) is 6.61 Å². The van der Waals surface area contributed by atoms with Gasteiger partial charge in [-0.15, -0.1) is 0 Å². The Morgan fingerprint density at radius 3 is 0.686 bits per heavy atom. The lowest BCUT2D eigenvalue weighted by Crippen LogP contribution is -2.46. The van der Waals surface area contributed by atoms with Gasteiger partial charge in [-0.1, -0.05) is 367 Å². The fraction of sp³-hybridized carbons (Fsp3) is 0.985. The quantitative estimate of drug-likeness (QED) is 0.0457. The van der Waals surface area contributed by atoms with Crippen LogP contribution in [0.15, 0.2) is 0 Å². The van der Waals surface area contributed by atoms with Gasteiger partial charge in [0, 0.05) is 0 Å². The van der Waals surface area contributed by atoms with Crippen molar-refractivity contribution in [3.63, 3.8) is 0 Å². The second-order valence-corrected chi connectivity index (χ2v) is 23.1. The Kier molecular flexibility index (Phi) is 60.3. The van der Waals surface area contributed by atoms with Crippen molar-refractivity contribution in [1.82, 2.24) is 5.32 Å². The van der Waals surface area contributed by atoms with Crippen LogP contribution >= 0.6 is 0 Å². The van der Waals surface area contributed by atoms with Gasteiger partial charge in [-0.2, -0.15) is 0 Å². The number of hydrogen-bond donors (Lipinski definition) is 4. The molecule has 0 aliphatic carbocycles. The third-order valence-corrected chi connectivity index (χ3v) is 15.9. The molecule has 70 heavy (non-hydrogen) atoms. The maximum atomic E-state index is 12.6. The van der Waals surface area contributed by atoms with E-state index in [0.29, 0.717) is 12.8 Å². The molecule has 0 spiro atoms. The maximum Gasteiger partial charge on any atom is 0.222 e. The van der Waals surface area contributed by atoms with E-state index in [1.54, 1.807) is 0 Å². The van der Waals surface area contributed by atoms with E-state index in [1.807, 2.05) is 0 Å². The molecule has 0 saturated carbocycles. The number of nitrogens with one attached hydrogen (secondary N) is 1. The van der Waals surface area contributed by atoms with Gasteiger partial charge in [0.1, 0.15) is 0 Å². The van der Waals surface area contributed by atoms with Crippen LogP contribution in [0, 0.1) is 0 Å². The van der Waals surface area contributed by atoms with Gasteiger partial charge in [0.2, 0.25) is 5.91 Å². The van der Waals surface area contributed by atoms with Crippen LogP contribution in [0.2, 0.25) is 0 Å². The molecule has 420 valence electrons.